The van der Waals surface area contributed by atoms with Gasteiger partial charge in [-0.15, -0.1) is 0 Å². The van der Waals surface area contributed by atoms with Crippen molar-refractivity contribution in [1.82, 2.24) is 9.78 Å². The van der Waals surface area contributed by atoms with Crippen LogP contribution in [0.3, 0.4) is 0 Å². The maximum atomic E-state index is 10.7. The topological polar surface area (TPSA) is 58.4 Å². The summed E-state index contributed by atoms with van der Waals surface area (Å²) in [5, 5.41) is 13.2. The summed E-state index contributed by atoms with van der Waals surface area (Å²) < 4.78 is 1.85. The lowest BCUT2D eigenvalue weighted by Gasteiger charge is -2.32. The zero-order valence-corrected chi connectivity index (χ0v) is 11.8. The van der Waals surface area contributed by atoms with E-state index in [4.69, 9.17) is 5.11 Å². The first-order chi connectivity index (χ1) is 8.99. The zero-order chi connectivity index (χ0) is 14.0. The lowest BCUT2D eigenvalue weighted by atomic mass is 9.99. The summed E-state index contributed by atoms with van der Waals surface area (Å²) in [6, 6.07) is 0. The van der Waals surface area contributed by atoms with E-state index in [0.29, 0.717) is 0 Å². The number of nitrogens with zero attached hydrogens (tertiary/aromatic N) is 3. The van der Waals surface area contributed by atoms with Gasteiger partial charge in [-0.2, -0.15) is 5.10 Å². The summed E-state index contributed by atoms with van der Waals surface area (Å²) in [4.78, 5) is 13.0. The highest BCUT2D eigenvalue weighted by atomic mass is 16.4. The minimum Gasteiger partial charge on any atom is -0.478 e. The number of aromatic nitrogens is 2. The molecule has 5 heteroatoms. The van der Waals surface area contributed by atoms with E-state index in [-0.39, 0.29) is 0 Å². The maximum Gasteiger partial charge on any atom is 0.328 e. The van der Waals surface area contributed by atoms with Gasteiger partial charge < -0.3 is 10.0 Å². The minimum atomic E-state index is -0.929. The highest BCUT2D eigenvalue weighted by molar-refractivity contribution is 5.87. The van der Waals surface area contributed by atoms with Crippen LogP contribution in [0.5, 0.6) is 0 Å². The molecule has 0 saturated carbocycles. The Morgan fingerprint density at radius 3 is 2.63 bits per heavy atom. The van der Waals surface area contributed by atoms with Gasteiger partial charge in [-0.25, -0.2) is 4.79 Å². The van der Waals surface area contributed by atoms with Crippen molar-refractivity contribution in [3.8, 4) is 0 Å². The van der Waals surface area contributed by atoms with Crippen molar-refractivity contribution in [2.45, 2.75) is 26.7 Å². The number of carboxylic acids is 1. The van der Waals surface area contributed by atoms with Crippen LogP contribution in [0.1, 0.15) is 31.0 Å². The molecule has 1 saturated heterocycles. The molecule has 0 atom stereocenters. The van der Waals surface area contributed by atoms with Crippen molar-refractivity contribution in [2.75, 3.05) is 18.0 Å². The van der Waals surface area contributed by atoms with Crippen LogP contribution in [0.15, 0.2) is 6.08 Å². The van der Waals surface area contributed by atoms with Crippen LogP contribution in [0.25, 0.3) is 6.08 Å². The first kappa shape index (κ1) is 13.6. The fourth-order valence-electron chi connectivity index (χ4n) is 2.61. The molecular formula is C14H21N3O2. The van der Waals surface area contributed by atoms with Crippen molar-refractivity contribution in [2.24, 2.45) is 13.0 Å². The molecule has 1 N–H and O–H groups in total. The molecule has 19 heavy (non-hydrogen) atoms. The smallest absolute Gasteiger partial charge is 0.328 e. The number of carboxylic acid groups (broad SMARTS) is 1. The summed E-state index contributed by atoms with van der Waals surface area (Å²) in [6.45, 7) is 6.21. The lowest BCUT2D eigenvalue weighted by molar-refractivity contribution is -0.131. The van der Waals surface area contributed by atoms with Gasteiger partial charge in [0.2, 0.25) is 0 Å². The second kappa shape index (κ2) is 5.47. The minimum absolute atomic E-state index is 0.767. The van der Waals surface area contributed by atoms with Gasteiger partial charge in [-0.05, 0) is 31.8 Å². The van der Waals surface area contributed by atoms with Gasteiger partial charge in [0.25, 0.3) is 0 Å². The molecule has 2 heterocycles. The summed E-state index contributed by atoms with van der Waals surface area (Å²) >= 11 is 0. The molecule has 1 aromatic heterocycles. The quantitative estimate of drug-likeness (QED) is 0.848. The van der Waals surface area contributed by atoms with Crippen molar-refractivity contribution < 1.29 is 9.90 Å². The van der Waals surface area contributed by atoms with E-state index in [1.807, 2.05) is 18.7 Å². The molecule has 0 radical (unpaired) electrons. The lowest BCUT2D eigenvalue weighted by Crippen LogP contribution is -2.34. The van der Waals surface area contributed by atoms with Gasteiger partial charge in [-0.1, -0.05) is 6.92 Å². The van der Waals surface area contributed by atoms with Crippen LogP contribution in [0, 0.1) is 12.8 Å². The molecular weight excluding hydrogens is 242 g/mol. The van der Waals surface area contributed by atoms with E-state index in [9.17, 15) is 4.79 Å². The number of hydrogen-bond acceptors (Lipinski definition) is 3. The molecule has 0 aliphatic carbocycles. The highest BCUT2D eigenvalue weighted by Crippen LogP contribution is 2.28. The Balaban J connectivity index is 2.31. The van der Waals surface area contributed by atoms with Gasteiger partial charge in [0, 0.05) is 31.8 Å². The first-order valence-corrected chi connectivity index (χ1v) is 6.68. The van der Waals surface area contributed by atoms with Crippen molar-refractivity contribution in [1.29, 1.82) is 0 Å². The van der Waals surface area contributed by atoms with Crippen LogP contribution in [0.2, 0.25) is 0 Å². The maximum absolute atomic E-state index is 10.7. The summed E-state index contributed by atoms with van der Waals surface area (Å²) in [5.74, 6) is 0.868. The molecule has 1 aliphatic heterocycles. The third-order valence-corrected chi connectivity index (χ3v) is 3.71. The third-order valence-electron chi connectivity index (χ3n) is 3.71. The van der Waals surface area contributed by atoms with Crippen LogP contribution >= 0.6 is 0 Å². The number of aliphatic carboxylic acids is 1. The Labute approximate surface area is 113 Å². The Hall–Kier alpha value is -1.78. The predicted octanol–water partition coefficient (Wildman–Crippen LogP) is 2.06. The zero-order valence-electron chi connectivity index (χ0n) is 11.8. The van der Waals surface area contributed by atoms with Gasteiger partial charge >= 0.3 is 5.97 Å². The van der Waals surface area contributed by atoms with Gasteiger partial charge in [-0.3, -0.25) is 4.68 Å². The van der Waals surface area contributed by atoms with Crippen molar-refractivity contribution in [3.63, 3.8) is 0 Å². The number of piperidine rings is 1. The van der Waals surface area contributed by atoms with Crippen LogP contribution in [0.4, 0.5) is 5.82 Å². The highest BCUT2D eigenvalue weighted by Gasteiger charge is 2.22. The normalized spacial score (nSPS) is 17.3. The number of aryl methyl sites for hydroxylation is 2. The van der Waals surface area contributed by atoms with Gasteiger partial charge in [0.05, 0.1) is 5.69 Å². The van der Waals surface area contributed by atoms with E-state index in [0.717, 1.165) is 36.1 Å². The monoisotopic (exact) mass is 263 g/mol. The van der Waals surface area contributed by atoms with Crippen LogP contribution in [-0.4, -0.2) is 33.9 Å². The Morgan fingerprint density at radius 1 is 1.42 bits per heavy atom. The number of carbonyl (C=O) groups is 1. The van der Waals surface area contributed by atoms with E-state index in [1.165, 1.54) is 18.9 Å². The van der Waals surface area contributed by atoms with Crippen molar-refractivity contribution >= 4 is 17.9 Å². The Morgan fingerprint density at radius 2 is 2.05 bits per heavy atom. The molecule has 5 nitrogen and oxygen atoms in total. The average molecular weight is 263 g/mol. The predicted molar refractivity (Wildman–Crippen MR) is 75.2 cm³/mol. The third kappa shape index (κ3) is 2.97. The first-order valence-electron chi connectivity index (χ1n) is 6.68. The van der Waals surface area contributed by atoms with Gasteiger partial charge in [0.1, 0.15) is 5.82 Å². The fraction of sp³-hybridized carbons (Fsp3) is 0.571. The molecule has 1 fully saturated rings. The number of hydrogen-bond donors (Lipinski definition) is 1. The molecule has 104 valence electrons. The molecule has 0 amide bonds. The summed E-state index contributed by atoms with van der Waals surface area (Å²) in [5.41, 5.74) is 1.79. The molecule has 1 aliphatic rings. The SMILES string of the molecule is Cc1nn(C)c(N2CCC(C)CC2)c1/C=C/C(=O)O. The largest absolute Gasteiger partial charge is 0.478 e. The van der Waals surface area contributed by atoms with E-state index in [2.05, 4.69) is 16.9 Å². The number of anilines is 1. The van der Waals surface area contributed by atoms with E-state index in [1.54, 1.807) is 6.08 Å². The molecule has 1 aromatic rings. The molecule has 2 rings (SSSR count). The average Bonchev–Trinajstić information content (AvgIpc) is 2.62. The Bertz CT molecular complexity index is 497. The van der Waals surface area contributed by atoms with Crippen molar-refractivity contribution in [3.05, 3.63) is 17.3 Å². The molecule has 0 bridgehead atoms. The summed E-state index contributed by atoms with van der Waals surface area (Å²) in [6.07, 6.45) is 5.18. The second-order valence-electron chi connectivity index (χ2n) is 5.29. The van der Waals surface area contributed by atoms with E-state index >= 15 is 0 Å². The van der Waals surface area contributed by atoms with Gasteiger partial charge in [0.15, 0.2) is 0 Å². The Kier molecular flexibility index (Phi) is 3.93. The number of rotatable bonds is 3. The molecule has 0 aromatic carbocycles. The van der Waals surface area contributed by atoms with Crippen LogP contribution in [-0.2, 0) is 11.8 Å². The van der Waals surface area contributed by atoms with Crippen LogP contribution < -0.4 is 4.90 Å². The van der Waals surface area contributed by atoms with E-state index < -0.39 is 5.97 Å². The standard InChI is InChI=1S/C14H21N3O2/c1-10-6-8-17(9-7-10)14-12(4-5-13(18)19)11(2)15-16(14)3/h4-5,10H,6-9H2,1-3H3,(H,18,19)/b5-4+. The molecule has 0 unspecified atom stereocenters. The summed E-state index contributed by atoms with van der Waals surface area (Å²) in [7, 11) is 1.92. The second-order valence-corrected chi connectivity index (χ2v) is 5.29. The molecule has 0 spiro atoms. The fourth-order valence-corrected chi connectivity index (χ4v) is 2.61.